The summed E-state index contributed by atoms with van der Waals surface area (Å²) in [6, 6.07) is 11.2. The van der Waals surface area contributed by atoms with Crippen LogP contribution in [0.4, 0.5) is 10.1 Å². The van der Waals surface area contributed by atoms with E-state index in [2.05, 4.69) is 9.69 Å². The van der Waals surface area contributed by atoms with Crippen molar-refractivity contribution in [2.45, 2.75) is 44.3 Å². The largest absolute Gasteiger partial charge is 0.395 e. The first-order valence-corrected chi connectivity index (χ1v) is 12.6. The maximum Gasteiger partial charge on any atom is 0.270 e. The number of carbonyl (C=O) groups is 3. The number of hydrogen-bond donors (Lipinski definition) is 3. The van der Waals surface area contributed by atoms with Gasteiger partial charge in [-0.2, -0.15) is 4.37 Å². The highest BCUT2D eigenvalue weighted by atomic mass is 35.5. The van der Waals surface area contributed by atoms with Crippen LogP contribution in [0.2, 0.25) is 5.02 Å². The van der Waals surface area contributed by atoms with Crippen LogP contribution >= 0.6 is 23.1 Å². The molecule has 1 aliphatic rings. The predicted molar refractivity (Wildman–Crippen MR) is 136 cm³/mol. The fourth-order valence-corrected chi connectivity index (χ4v) is 5.28. The lowest BCUT2D eigenvalue weighted by Crippen LogP contribution is -2.46. The highest BCUT2D eigenvalue weighted by Crippen LogP contribution is 2.32. The number of carbonyl (C=O) groups excluding carboxylic acids is 3. The molecule has 1 aliphatic carbocycles. The van der Waals surface area contributed by atoms with E-state index in [1.165, 1.54) is 29.2 Å². The third kappa shape index (κ3) is 5.50. The highest BCUT2D eigenvalue weighted by Gasteiger charge is 2.36. The van der Waals surface area contributed by atoms with Gasteiger partial charge in [0.15, 0.2) is 5.69 Å². The molecule has 3 amide bonds. The zero-order chi connectivity index (χ0) is 25.8. The zero-order valence-corrected chi connectivity index (χ0v) is 20.8. The van der Waals surface area contributed by atoms with Gasteiger partial charge in [0.25, 0.3) is 11.8 Å². The van der Waals surface area contributed by atoms with E-state index in [1.54, 1.807) is 24.3 Å². The molecule has 0 unspecified atom stereocenters. The molecule has 5 N–H and O–H groups in total. The summed E-state index contributed by atoms with van der Waals surface area (Å²) in [6.07, 6.45) is 3.68. The number of halogens is 2. The smallest absolute Gasteiger partial charge is 0.270 e. The number of anilines is 1. The molecule has 1 fully saturated rings. The van der Waals surface area contributed by atoms with Gasteiger partial charge in [-0.05, 0) is 53.7 Å². The normalized spacial score (nSPS) is 14.4. The van der Waals surface area contributed by atoms with Crippen molar-refractivity contribution in [2.24, 2.45) is 5.73 Å². The molecule has 3 aromatic rings. The SMILES string of the molecule is NC(=O)c1nsc(C(=O)N(Cc2ccccc2Cl)[C@@H](C(=O)NC2CCCC2)c2ccc(F)cc2)c1N. The predicted octanol–water partition coefficient (Wildman–Crippen LogP) is 4.06. The van der Waals surface area contributed by atoms with Crippen LogP contribution in [0.25, 0.3) is 0 Å². The Morgan fingerprint density at radius 3 is 2.42 bits per heavy atom. The van der Waals surface area contributed by atoms with Crippen molar-refractivity contribution < 1.29 is 18.8 Å². The highest BCUT2D eigenvalue weighted by molar-refractivity contribution is 7.09. The Balaban J connectivity index is 1.81. The average molecular weight is 530 g/mol. The van der Waals surface area contributed by atoms with Crippen molar-refractivity contribution in [3.05, 3.63) is 81.1 Å². The molecule has 0 bridgehead atoms. The molecule has 1 heterocycles. The summed E-state index contributed by atoms with van der Waals surface area (Å²) in [5, 5.41) is 3.44. The number of primary amides is 1. The van der Waals surface area contributed by atoms with Crippen LogP contribution in [0.3, 0.4) is 0 Å². The summed E-state index contributed by atoms with van der Waals surface area (Å²) in [7, 11) is 0. The molecular weight excluding hydrogens is 505 g/mol. The molecule has 188 valence electrons. The second kappa shape index (κ2) is 11.0. The number of rotatable bonds is 8. The summed E-state index contributed by atoms with van der Waals surface area (Å²) in [5.41, 5.74) is 12.0. The standard InChI is InChI=1S/C25H25ClFN5O3S/c26-18-8-4-1-5-15(18)13-32(25(35)22-19(28)20(23(29)33)31-36-22)21(14-9-11-16(27)12-10-14)24(34)30-17-6-2-3-7-17/h1,4-5,8-12,17,21H,2-3,6-7,13,28H2,(H2,29,33)(H,30,34)/t21-/m1/s1. The molecule has 1 aromatic heterocycles. The number of benzene rings is 2. The number of nitrogens with two attached hydrogens (primary N) is 2. The number of nitrogens with zero attached hydrogens (tertiary/aromatic N) is 2. The molecule has 0 aliphatic heterocycles. The van der Waals surface area contributed by atoms with Crippen molar-refractivity contribution in [3.8, 4) is 0 Å². The second-order valence-electron chi connectivity index (χ2n) is 8.61. The minimum absolute atomic E-state index is 0.0207. The first kappa shape index (κ1) is 25.6. The van der Waals surface area contributed by atoms with Crippen molar-refractivity contribution in [1.29, 1.82) is 0 Å². The number of amides is 3. The van der Waals surface area contributed by atoms with E-state index in [0.29, 0.717) is 16.1 Å². The van der Waals surface area contributed by atoms with E-state index >= 15 is 0 Å². The van der Waals surface area contributed by atoms with Gasteiger partial charge in [0, 0.05) is 17.6 Å². The summed E-state index contributed by atoms with van der Waals surface area (Å²) >= 11 is 7.12. The van der Waals surface area contributed by atoms with Gasteiger partial charge in [-0.3, -0.25) is 14.4 Å². The first-order chi connectivity index (χ1) is 17.3. The van der Waals surface area contributed by atoms with Gasteiger partial charge in [0.2, 0.25) is 5.91 Å². The van der Waals surface area contributed by atoms with E-state index in [0.717, 1.165) is 37.2 Å². The molecule has 0 radical (unpaired) electrons. The molecule has 2 aromatic carbocycles. The number of hydrogen-bond acceptors (Lipinski definition) is 6. The maximum atomic E-state index is 13.9. The lowest BCUT2D eigenvalue weighted by atomic mass is 10.0. The Kier molecular flexibility index (Phi) is 7.85. The van der Waals surface area contributed by atoms with Crippen LogP contribution < -0.4 is 16.8 Å². The number of nitrogens with one attached hydrogen (secondary N) is 1. The molecule has 0 saturated heterocycles. The van der Waals surface area contributed by atoms with Crippen molar-refractivity contribution in [2.75, 3.05) is 5.73 Å². The topological polar surface area (TPSA) is 131 Å². The third-order valence-electron chi connectivity index (χ3n) is 6.16. The Morgan fingerprint density at radius 1 is 1.14 bits per heavy atom. The summed E-state index contributed by atoms with van der Waals surface area (Å²) < 4.78 is 17.7. The Hall–Kier alpha value is -3.50. The third-order valence-corrected chi connectivity index (χ3v) is 7.38. The van der Waals surface area contributed by atoms with Crippen LogP contribution in [0.15, 0.2) is 48.5 Å². The fraction of sp³-hybridized carbons (Fsp3) is 0.280. The van der Waals surface area contributed by atoms with Crippen LogP contribution in [-0.4, -0.2) is 33.0 Å². The van der Waals surface area contributed by atoms with E-state index in [9.17, 15) is 18.8 Å². The second-order valence-corrected chi connectivity index (χ2v) is 9.79. The van der Waals surface area contributed by atoms with Crippen LogP contribution in [0.1, 0.15) is 63.0 Å². The van der Waals surface area contributed by atoms with E-state index in [4.69, 9.17) is 23.1 Å². The van der Waals surface area contributed by atoms with Crippen LogP contribution in [0.5, 0.6) is 0 Å². The van der Waals surface area contributed by atoms with Crippen LogP contribution in [-0.2, 0) is 11.3 Å². The van der Waals surface area contributed by atoms with Crippen molar-refractivity contribution >= 4 is 46.5 Å². The summed E-state index contributed by atoms with van der Waals surface area (Å²) in [6.45, 7) is -0.0537. The molecule has 11 heteroatoms. The van der Waals surface area contributed by atoms with E-state index < -0.39 is 29.6 Å². The van der Waals surface area contributed by atoms with Gasteiger partial charge in [-0.25, -0.2) is 4.39 Å². The molecule has 8 nitrogen and oxygen atoms in total. The lowest BCUT2D eigenvalue weighted by molar-refractivity contribution is -0.126. The molecule has 36 heavy (non-hydrogen) atoms. The van der Waals surface area contributed by atoms with Gasteiger partial charge in [-0.15, -0.1) is 0 Å². The molecule has 4 rings (SSSR count). The van der Waals surface area contributed by atoms with E-state index in [1.807, 2.05) is 0 Å². The average Bonchev–Trinajstić information content (AvgIpc) is 3.50. The van der Waals surface area contributed by atoms with Gasteiger partial charge in [0.05, 0.1) is 5.69 Å². The molecular formula is C25H25ClFN5O3S. The van der Waals surface area contributed by atoms with Crippen molar-refractivity contribution in [1.82, 2.24) is 14.6 Å². The van der Waals surface area contributed by atoms with E-state index in [-0.39, 0.29) is 28.8 Å². The Bertz CT molecular complexity index is 1280. The van der Waals surface area contributed by atoms with Gasteiger partial charge in [-0.1, -0.05) is 54.8 Å². The van der Waals surface area contributed by atoms with Crippen LogP contribution in [0, 0.1) is 5.82 Å². The van der Waals surface area contributed by atoms with Gasteiger partial charge in [0.1, 0.15) is 16.7 Å². The summed E-state index contributed by atoms with van der Waals surface area (Å²) in [5.74, 6) is -2.38. The zero-order valence-electron chi connectivity index (χ0n) is 19.2. The monoisotopic (exact) mass is 529 g/mol. The number of nitrogen functional groups attached to an aromatic ring is 1. The maximum absolute atomic E-state index is 13.9. The van der Waals surface area contributed by atoms with Gasteiger partial charge < -0.3 is 21.7 Å². The quantitative estimate of drug-likeness (QED) is 0.405. The molecule has 0 spiro atoms. The first-order valence-electron chi connectivity index (χ1n) is 11.4. The van der Waals surface area contributed by atoms with Crippen molar-refractivity contribution in [3.63, 3.8) is 0 Å². The Morgan fingerprint density at radius 2 is 1.81 bits per heavy atom. The minimum atomic E-state index is -1.13. The lowest BCUT2D eigenvalue weighted by Gasteiger charge is -2.32. The fourth-order valence-electron chi connectivity index (χ4n) is 4.32. The minimum Gasteiger partial charge on any atom is -0.395 e. The molecule has 1 saturated carbocycles. The number of aromatic nitrogens is 1. The summed E-state index contributed by atoms with van der Waals surface area (Å²) in [4.78, 5) is 40.6. The van der Waals surface area contributed by atoms with Gasteiger partial charge >= 0.3 is 0 Å². The Labute approximate surface area is 216 Å². The molecule has 1 atom stereocenters.